The molecule has 0 atom stereocenters. The first-order valence-corrected chi connectivity index (χ1v) is 5.59. The maximum absolute atomic E-state index is 10.9. The van der Waals surface area contributed by atoms with Gasteiger partial charge in [0.05, 0.1) is 10.6 Å². The third-order valence-corrected chi connectivity index (χ3v) is 3.06. The van der Waals surface area contributed by atoms with Crippen LogP contribution in [0.3, 0.4) is 0 Å². The highest BCUT2D eigenvalue weighted by atomic mass is 35.5. The molecule has 0 bridgehead atoms. The van der Waals surface area contributed by atoms with Gasteiger partial charge in [-0.05, 0) is 32.8 Å². The average Bonchev–Trinajstić information content (AvgIpc) is 2.26. The molecule has 0 aliphatic heterocycles. The van der Waals surface area contributed by atoms with Crippen LogP contribution in [0.15, 0.2) is 11.6 Å². The summed E-state index contributed by atoms with van der Waals surface area (Å²) in [5.41, 5.74) is 1.85. The standard InChI is InChI=1S/C13H15ClO3/c1-7(2)4-5-9-12(16)10(6-15)8(3)11(14)13(9)17/h4,6,16-17H,5H2,1-3H3. The molecular formula is C13H15ClO3. The zero-order valence-corrected chi connectivity index (χ0v) is 10.8. The summed E-state index contributed by atoms with van der Waals surface area (Å²) in [4.78, 5) is 10.9. The molecule has 0 saturated carbocycles. The van der Waals surface area contributed by atoms with Crippen molar-refractivity contribution in [2.75, 3.05) is 0 Å². The monoisotopic (exact) mass is 254 g/mol. The number of allylic oxidation sites excluding steroid dienone is 2. The van der Waals surface area contributed by atoms with Gasteiger partial charge in [0.1, 0.15) is 11.5 Å². The van der Waals surface area contributed by atoms with Crippen LogP contribution in [-0.2, 0) is 6.42 Å². The number of aldehydes is 1. The van der Waals surface area contributed by atoms with E-state index in [-0.39, 0.29) is 27.6 Å². The van der Waals surface area contributed by atoms with Crippen molar-refractivity contribution in [1.82, 2.24) is 0 Å². The second-order valence-electron chi connectivity index (χ2n) is 4.13. The number of phenolic OH excluding ortho intramolecular Hbond substituents is 2. The number of carbonyl (C=O) groups excluding carboxylic acids is 1. The Labute approximate surface area is 105 Å². The van der Waals surface area contributed by atoms with Gasteiger partial charge in [-0.25, -0.2) is 0 Å². The molecule has 0 unspecified atom stereocenters. The molecular weight excluding hydrogens is 240 g/mol. The predicted molar refractivity (Wildman–Crippen MR) is 68.0 cm³/mol. The summed E-state index contributed by atoms with van der Waals surface area (Å²) in [5, 5.41) is 19.9. The second-order valence-corrected chi connectivity index (χ2v) is 4.51. The van der Waals surface area contributed by atoms with Crippen molar-refractivity contribution in [2.24, 2.45) is 0 Å². The molecule has 1 rings (SSSR count). The highest BCUT2D eigenvalue weighted by molar-refractivity contribution is 6.33. The van der Waals surface area contributed by atoms with Crippen LogP contribution in [0, 0.1) is 6.92 Å². The van der Waals surface area contributed by atoms with Crippen LogP contribution in [0.4, 0.5) is 0 Å². The third kappa shape index (κ3) is 2.61. The lowest BCUT2D eigenvalue weighted by Crippen LogP contribution is -1.96. The molecule has 0 amide bonds. The summed E-state index contributed by atoms with van der Waals surface area (Å²) in [7, 11) is 0. The Morgan fingerprint density at radius 3 is 2.35 bits per heavy atom. The minimum absolute atomic E-state index is 0.113. The number of halogens is 1. The summed E-state index contributed by atoms with van der Waals surface area (Å²) < 4.78 is 0. The summed E-state index contributed by atoms with van der Waals surface area (Å²) in [6.07, 6.45) is 2.72. The van der Waals surface area contributed by atoms with E-state index in [1.807, 2.05) is 19.9 Å². The molecule has 92 valence electrons. The van der Waals surface area contributed by atoms with Gasteiger partial charge in [-0.3, -0.25) is 4.79 Å². The molecule has 2 N–H and O–H groups in total. The largest absolute Gasteiger partial charge is 0.507 e. The fourth-order valence-corrected chi connectivity index (χ4v) is 1.74. The fourth-order valence-electron chi connectivity index (χ4n) is 1.52. The van der Waals surface area contributed by atoms with Crippen molar-refractivity contribution in [1.29, 1.82) is 0 Å². The first kappa shape index (κ1) is 13.6. The van der Waals surface area contributed by atoms with Gasteiger partial charge in [-0.1, -0.05) is 23.3 Å². The van der Waals surface area contributed by atoms with Crippen LogP contribution in [0.5, 0.6) is 11.5 Å². The topological polar surface area (TPSA) is 57.5 Å². The molecule has 0 spiro atoms. The molecule has 4 heteroatoms. The van der Waals surface area contributed by atoms with Crippen molar-refractivity contribution in [3.8, 4) is 11.5 Å². The van der Waals surface area contributed by atoms with Crippen molar-refractivity contribution in [3.05, 3.63) is 33.4 Å². The second kappa shape index (κ2) is 5.23. The third-order valence-electron chi connectivity index (χ3n) is 2.60. The summed E-state index contributed by atoms with van der Waals surface area (Å²) in [6, 6.07) is 0. The molecule has 17 heavy (non-hydrogen) atoms. The molecule has 0 saturated heterocycles. The number of aromatic hydroxyl groups is 2. The van der Waals surface area contributed by atoms with Crippen molar-refractivity contribution >= 4 is 17.9 Å². The lowest BCUT2D eigenvalue weighted by Gasteiger charge is -2.12. The van der Waals surface area contributed by atoms with Gasteiger partial charge in [0.2, 0.25) is 0 Å². The maximum Gasteiger partial charge on any atom is 0.154 e. The zero-order valence-electron chi connectivity index (χ0n) is 10.0. The Kier molecular flexibility index (Phi) is 4.18. The van der Waals surface area contributed by atoms with Crippen LogP contribution in [0.1, 0.15) is 35.3 Å². The van der Waals surface area contributed by atoms with E-state index in [0.29, 0.717) is 18.3 Å². The normalized spacial score (nSPS) is 10.1. The molecule has 0 aliphatic carbocycles. The smallest absolute Gasteiger partial charge is 0.154 e. The van der Waals surface area contributed by atoms with Crippen molar-refractivity contribution in [3.63, 3.8) is 0 Å². The number of carbonyl (C=O) groups is 1. The van der Waals surface area contributed by atoms with Gasteiger partial charge < -0.3 is 10.2 Å². The molecule has 1 aromatic rings. The van der Waals surface area contributed by atoms with Gasteiger partial charge in [-0.15, -0.1) is 0 Å². The van der Waals surface area contributed by atoms with Gasteiger partial charge in [0, 0.05) is 5.56 Å². The van der Waals surface area contributed by atoms with Crippen molar-refractivity contribution < 1.29 is 15.0 Å². The van der Waals surface area contributed by atoms with Crippen LogP contribution in [0.2, 0.25) is 5.02 Å². The molecule has 0 radical (unpaired) electrons. The first-order valence-electron chi connectivity index (χ1n) is 5.21. The molecule has 0 heterocycles. The predicted octanol–water partition coefficient (Wildman–Crippen LogP) is 3.38. The van der Waals surface area contributed by atoms with Gasteiger partial charge in [0.25, 0.3) is 0 Å². The first-order chi connectivity index (χ1) is 7.90. The van der Waals surface area contributed by atoms with Gasteiger partial charge in [0.15, 0.2) is 6.29 Å². The highest BCUT2D eigenvalue weighted by Gasteiger charge is 2.19. The summed E-state index contributed by atoms with van der Waals surface area (Å²) in [5.74, 6) is -0.360. The Morgan fingerprint density at radius 1 is 1.29 bits per heavy atom. The van der Waals surface area contributed by atoms with Crippen LogP contribution < -0.4 is 0 Å². The van der Waals surface area contributed by atoms with Crippen molar-refractivity contribution in [2.45, 2.75) is 27.2 Å². The number of benzene rings is 1. The number of phenols is 2. The lowest BCUT2D eigenvalue weighted by molar-refractivity contribution is 0.112. The van der Waals surface area contributed by atoms with E-state index in [1.165, 1.54) is 0 Å². The summed E-state index contributed by atoms with van der Waals surface area (Å²) in [6.45, 7) is 5.39. The minimum atomic E-state index is -0.197. The van der Waals surface area contributed by atoms with E-state index >= 15 is 0 Å². The maximum atomic E-state index is 10.9. The van der Waals surface area contributed by atoms with E-state index in [2.05, 4.69) is 0 Å². The highest BCUT2D eigenvalue weighted by Crippen LogP contribution is 2.40. The SMILES string of the molecule is CC(C)=CCc1c(O)c(Cl)c(C)c(C=O)c1O. The van der Waals surface area contributed by atoms with Crippen LogP contribution >= 0.6 is 11.6 Å². The lowest BCUT2D eigenvalue weighted by atomic mass is 10.00. The Morgan fingerprint density at radius 2 is 1.88 bits per heavy atom. The number of hydrogen-bond acceptors (Lipinski definition) is 3. The van der Waals surface area contributed by atoms with Gasteiger partial charge in [-0.2, -0.15) is 0 Å². The van der Waals surface area contributed by atoms with E-state index in [4.69, 9.17) is 11.6 Å². The van der Waals surface area contributed by atoms with E-state index < -0.39 is 0 Å². The average molecular weight is 255 g/mol. The quantitative estimate of drug-likeness (QED) is 0.642. The minimum Gasteiger partial charge on any atom is -0.507 e. The number of rotatable bonds is 3. The molecule has 0 aromatic heterocycles. The Bertz CT molecular complexity index is 486. The molecule has 0 aliphatic rings. The molecule has 1 aromatic carbocycles. The van der Waals surface area contributed by atoms with E-state index in [9.17, 15) is 15.0 Å². The van der Waals surface area contributed by atoms with E-state index in [1.54, 1.807) is 6.92 Å². The molecule has 0 fully saturated rings. The number of hydrogen-bond donors (Lipinski definition) is 2. The van der Waals surface area contributed by atoms with Crippen LogP contribution in [-0.4, -0.2) is 16.5 Å². The zero-order chi connectivity index (χ0) is 13.2. The van der Waals surface area contributed by atoms with Gasteiger partial charge >= 0.3 is 0 Å². The Hall–Kier alpha value is -1.48. The van der Waals surface area contributed by atoms with Crippen LogP contribution in [0.25, 0.3) is 0 Å². The Balaban J connectivity index is 3.44. The fraction of sp³-hybridized carbons (Fsp3) is 0.308. The van der Waals surface area contributed by atoms with E-state index in [0.717, 1.165) is 5.57 Å². The summed E-state index contributed by atoms with van der Waals surface area (Å²) >= 11 is 5.91. The molecule has 3 nitrogen and oxygen atoms in total.